The van der Waals surface area contributed by atoms with E-state index in [0.29, 0.717) is 22.2 Å². The zero-order valence-electron chi connectivity index (χ0n) is 14.0. The molecule has 0 saturated heterocycles. The molecule has 26 heavy (non-hydrogen) atoms. The minimum absolute atomic E-state index is 0.224. The molecule has 1 aliphatic heterocycles. The van der Waals surface area contributed by atoms with Crippen LogP contribution in [0.25, 0.3) is 11.3 Å². The number of aryl methyl sites for hydroxylation is 2. The number of nitrogens with zero attached hydrogens (tertiary/aromatic N) is 2. The fourth-order valence-corrected chi connectivity index (χ4v) is 3.68. The van der Waals surface area contributed by atoms with Crippen LogP contribution < -0.4 is 5.32 Å². The van der Waals surface area contributed by atoms with Crippen LogP contribution in [0.3, 0.4) is 0 Å². The molecule has 0 spiro atoms. The first-order chi connectivity index (χ1) is 12.6. The second-order valence-corrected chi connectivity index (χ2v) is 7.19. The Morgan fingerprint density at radius 3 is 2.88 bits per heavy atom. The number of halogens is 2. The number of hydrogen-bond donors (Lipinski definition) is 1. The van der Waals surface area contributed by atoms with Gasteiger partial charge in [-0.1, -0.05) is 41.4 Å². The Morgan fingerprint density at radius 2 is 2.08 bits per heavy atom. The van der Waals surface area contributed by atoms with Crippen LogP contribution in [0.15, 0.2) is 48.7 Å². The Balaban J connectivity index is 1.47. The number of rotatable bonds is 4. The third kappa shape index (κ3) is 3.48. The van der Waals surface area contributed by atoms with Gasteiger partial charge in [0, 0.05) is 36.3 Å². The van der Waals surface area contributed by atoms with E-state index >= 15 is 0 Å². The fraction of sp³-hybridized carbons (Fsp3) is 0.200. The van der Waals surface area contributed by atoms with Gasteiger partial charge in [0.25, 0.3) is 5.91 Å². The van der Waals surface area contributed by atoms with E-state index in [-0.39, 0.29) is 5.91 Å². The Hall–Kier alpha value is -2.30. The van der Waals surface area contributed by atoms with E-state index in [2.05, 4.69) is 22.1 Å². The quantitative estimate of drug-likeness (QED) is 0.705. The standard InChI is InChI=1S/C20H17Cl2N3O/c21-15-6-7-16(17(22)10-15)20(26)23-11-13-3-1-4-14(9-13)18-12-25-8-2-5-19(25)24-18/h1,3-4,6-7,9-10,12H,2,5,8,11H2,(H,23,26). The minimum atomic E-state index is -0.224. The Labute approximate surface area is 161 Å². The Kier molecular flexibility index (Phi) is 4.70. The summed E-state index contributed by atoms with van der Waals surface area (Å²) in [7, 11) is 0. The van der Waals surface area contributed by atoms with Gasteiger partial charge in [0.15, 0.2) is 0 Å². The largest absolute Gasteiger partial charge is 0.348 e. The van der Waals surface area contributed by atoms with Crippen molar-refractivity contribution in [3.05, 3.63) is 75.7 Å². The summed E-state index contributed by atoms with van der Waals surface area (Å²) in [6.45, 7) is 1.46. The van der Waals surface area contributed by atoms with E-state index in [1.165, 1.54) is 6.42 Å². The van der Waals surface area contributed by atoms with Gasteiger partial charge in [-0.05, 0) is 36.2 Å². The first-order valence-electron chi connectivity index (χ1n) is 8.49. The number of aromatic nitrogens is 2. The molecule has 1 amide bonds. The molecule has 0 aliphatic carbocycles. The average molecular weight is 386 g/mol. The van der Waals surface area contributed by atoms with Gasteiger partial charge in [0.1, 0.15) is 5.82 Å². The van der Waals surface area contributed by atoms with Crippen molar-refractivity contribution in [2.24, 2.45) is 0 Å². The maximum atomic E-state index is 12.3. The van der Waals surface area contributed by atoms with Crippen molar-refractivity contribution in [1.29, 1.82) is 0 Å². The molecule has 0 atom stereocenters. The molecule has 2 aromatic carbocycles. The smallest absolute Gasteiger partial charge is 0.253 e. The second kappa shape index (κ2) is 7.14. The van der Waals surface area contributed by atoms with Crippen LogP contribution in [0.1, 0.15) is 28.2 Å². The summed E-state index contributed by atoms with van der Waals surface area (Å²) in [6.07, 6.45) is 4.31. The molecular weight excluding hydrogens is 369 g/mol. The summed E-state index contributed by atoms with van der Waals surface area (Å²) < 4.78 is 2.21. The van der Waals surface area contributed by atoms with Gasteiger partial charge in [-0.25, -0.2) is 4.98 Å². The van der Waals surface area contributed by atoms with Crippen molar-refractivity contribution in [3.8, 4) is 11.3 Å². The Morgan fingerprint density at radius 1 is 1.19 bits per heavy atom. The molecule has 4 rings (SSSR count). The molecule has 132 valence electrons. The molecule has 6 heteroatoms. The lowest BCUT2D eigenvalue weighted by Crippen LogP contribution is -2.23. The topological polar surface area (TPSA) is 46.9 Å². The SMILES string of the molecule is O=C(NCc1cccc(-c2cn3c(n2)CCC3)c1)c1ccc(Cl)cc1Cl. The highest BCUT2D eigenvalue weighted by molar-refractivity contribution is 6.36. The summed E-state index contributed by atoms with van der Waals surface area (Å²) in [4.78, 5) is 17.1. The number of nitrogens with one attached hydrogen (secondary N) is 1. The van der Waals surface area contributed by atoms with E-state index < -0.39 is 0 Å². The van der Waals surface area contributed by atoms with Gasteiger partial charge < -0.3 is 9.88 Å². The minimum Gasteiger partial charge on any atom is -0.348 e. The number of amides is 1. The molecule has 1 N–H and O–H groups in total. The summed E-state index contributed by atoms with van der Waals surface area (Å²) in [5, 5.41) is 3.75. The van der Waals surface area contributed by atoms with Crippen molar-refractivity contribution in [1.82, 2.24) is 14.9 Å². The van der Waals surface area contributed by atoms with Crippen LogP contribution in [0, 0.1) is 0 Å². The van der Waals surface area contributed by atoms with Crippen LogP contribution in [0.5, 0.6) is 0 Å². The van der Waals surface area contributed by atoms with Gasteiger partial charge >= 0.3 is 0 Å². The lowest BCUT2D eigenvalue weighted by Gasteiger charge is -2.08. The second-order valence-electron chi connectivity index (χ2n) is 6.35. The summed E-state index contributed by atoms with van der Waals surface area (Å²) in [5.41, 5.74) is 3.46. The van der Waals surface area contributed by atoms with E-state index in [4.69, 9.17) is 28.2 Å². The maximum absolute atomic E-state index is 12.3. The lowest BCUT2D eigenvalue weighted by atomic mass is 10.1. The van der Waals surface area contributed by atoms with Crippen molar-refractivity contribution >= 4 is 29.1 Å². The third-order valence-electron chi connectivity index (χ3n) is 4.51. The van der Waals surface area contributed by atoms with Crippen molar-refractivity contribution in [2.75, 3.05) is 0 Å². The highest BCUT2D eigenvalue weighted by Gasteiger charge is 2.15. The zero-order valence-corrected chi connectivity index (χ0v) is 15.5. The van der Waals surface area contributed by atoms with Crippen LogP contribution >= 0.6 is 23.2 Å². The molecule has 0 fully saturated rings. The predicted octanol–water partition coefficient (Wildman–Crippen LogP) is 4.73. The molecule has 4 nitrogen and oxygen atoms in total. The number of imidazole rings is 1. The van der Waals surface area contributed by atoms with E-state index in [9.17, 15) is 4.79 Å². The molecule has 0 bridgehead atoms. The molecule has 3 aromatic rings. The predicted molar refractivity (Wildman–Crippen MR) is 104 cm³/mol. The normalized spacial score (nSPS) is 12.8. The van der Waals surface area contributed by atoms with Gasteiger partial charge in [-0.2, -0.15) is 0 Å². The van der Waals surface area contributed by atoms with Gasteiger partial charge in [-0.15, -0.1) is 0 Å². The zero-order chi connectivity index (χ0) is 18.1. The summed E-state index contributed by atoms with van der Waals surface area (Å²) >= 11 is 12.0. The Bertz CT molecular complexity index is 959. The third-order valence-corrected chi connectivity index (χ3v) is 5.06. The van der Waals surface area contributed by atoms with E-state index in [0.717, 1.165) is 35.6 Å². The summed E-state index contributed by atoms with van der Waals surface area (Å²) in [6, 6.07) is 12.9. The van der Waals surface area contributed by atoms with Crippen molar-refractivity contribution in [2.45, 2.75) is 25.9 Å². The van der Waals surface area contributed by atoms with Crippen molar-refractivity contribution < 1.29 is 4.79 Å². The molecule has 2 heterocycles. The number of benzene rings is 2. The maximum Gasteiger partial charge on any atom is 0.253 e. The van der Waals surface area contributed by atoms with E-state index in [1.54, 1.807) is 18.2 Å². The van der Waals surface area contributed by atoms with Crippen molar-refractivity contribution in [3.63, 3.8) is 0 Å². The molecule has 0 unspecified atom stereocenters. The van der Waals surface area contributed by atoms with Crippen LogP contribution in [0.4, 0.5) is 0 Å². The number of carbonyl (C=O) groups is 1. The summed E-state index contributed by atoms with van der Waals surface area (Å²) in [5.74, 6) is 0.925. The average Bonchev–Trinajstić information content (AvgIpc) is 3.22. The lowest BCUT2D eigenvalue weighted by molar-refractivity contribution is 0.0951. The van der Waals surface area contributed by atoms with Crippen LogP contribution in [-0.4, -0.2) is 15.5 Å². The first kappa shape index (κ1) is 17.1. The monoisotopic (exact) mass is 385 g/mol. The van der Waals surface area contributed by atoms with Gasteiger partial charge in [0.05, 0.1) is 16.3 Å². The highest BCUT2D eigenvalue weighted by atomic mass is 35.5. The van der Waals surface area contributed by atoms with E-state index in [1.807, 2.05) is 18.2 Å². The fourth-order valence-electron chi connectivity index (χ4n) is 3.19. The van der Waals surface area contributed by atoms with Crippen LogP contribution in [0.2, 0.25) is 10.0 Å². The van der Waals surface area contributed by atoms with Crippen LogP contribution in [-0.2, 0) is 19.5 Å². The number of carbonyl (C=O) groups excluding carboxylic acids is 1. The molecule has 0 radical (unpaired) electrons. The molecular formula is C20H17Cl2N3O. The number of hydrogen-bond acceptors (Lipinski definition) is 2. The highest BCUT2D eigenvalue weighted by Crippen LogP contribution is 2.24. The first-order valence-corrected chi connectivity index (χ1v) is 9.24. The number of fused-ring (bicyclic) bond motifs is 1. The molecule has 1 aromatic heterocycles. The molecule has 1 aliphatic rings. The molecule has 0 saturated carbocycles. The van der Waals surface area contributed by atoms with Gasteiger partial charge in [0.2, 0.25) is 0 Å². The van der Waals surface area contributed by atoms with Gasteiger partial charge in [-0.3, -0.25) is 4.79 Å².